The van der Waals surface area contributed by atoms with Crippen LogP contribution in [0.4, 0.5) is 5.69 Å². The second-order valence-electron chi connectivity index (χ2n) is 6.78. The van der Waals surface area contributed by atoms with E-state index in [0.29, 0.717) is 13.0 Å². The topological polar surface area (TPSA) is 83.6 Å². The minimum absolute atomic E-state index is 0.0399. The lowest BCUT2D eigenvalue weighted by Gasteiger charge is -2.25. The van der Waals surface area contributed by atoms with Crippen LogP contribution in [0.15, 0.2) is 28.7 Å². The third-order valence-corrected chi connectivity index (χ3v) is 6.94. The van der Waals surface area contributed by atoms with E-state index >= 15 is 0 Å². The highest BCUT2D eigenvalue weighted by Gasteiger charge is 2.42. The maximum atomic E-state index is 12.5. The highest BCUT2D eigenvalue weighted by molar-refractivity contribution is 9.10. The Kier molecular flexibility index (Phi) is 4.46. The van der Waals surface area contributed by atoms with Gasteiger partial charge in [0, 0.05) is 23.1 Å². The van der Waals surface area contributed by atoms with Gasteiger partial charge in [-0.2, -0.15) is 0 Å². The number of hydrogen-bond donors (Lipinski definition) is 1. The molecule has 6 nitrogen and oxygen atoms in total. The predicted octanol–water partition coefficient (Wildman–Crippen LogP) is 1.50. The molecule has 2 aliphatic rings. The Hall–Kier alpha value is -1.41. The normalized spacial score (nSPS) is 29.0. The molecule has 2 unspecified atom stereocenters. The molecule has 3 rings (SSSR count). The number of sulfone groups is 1. The van der Waals surface area contributed by atoms with E-state index in [1.807, 2.05) is 24.3 Å². The van der Waals surface area contributed by atoms with Crippen LogP contribution >= 0.6 is 15.9 Å². The van der Waals surface area contributed by atoms with Gasteiger partial charge in [0.15, 0.2) is 9.84 Å². The minimum atomic E-state index is -3.09. The second-order valence-corrected chi connectivity index (χ2v) is 9.88. The summed E-state index contributed by atoms with van der Waals surface area (Å²) in [6.07, 6.45) is 0.554. The molecule has 2 heterocycles. The highest BCUT2D eigenvalue weighted by atomic mass is 79.9. The van der Waals surface area contributed by atoms with E-state index in [9.17, 15) is 18.0 Å². The molecule has 1 aromatic carbocycles. The second kappa shape index (κ2) is 6.15. The maximum Gasteiger partial charge on any atom is 0.227 e. The number of nitrogens with one attached hydrogen (secondary N) is 1. The third kappa shape index (κ3) is 3.64. The fourth-order valence-electron chi connectivity index (χ4n) is 3.29. The molecule has 1 N–H and O–H groups in total. The largest absolute Gasteiger partial charge is 0.350 e. The Bertz CT molecular complexity index is 795. The molecule has 2 amide bonds. The van der Waals surface area contributed by atoms with E-state index in [2.05, 4.69) is 21.2 Å². The van der Waals surface area contributed by atoms with Crippen molar-refractivity contribution >= 4 is 43.3 Å². The summed E-state index contributed by atoms with van der Waals surface area (Å²) in [6.45, 7) is 2.06. The Labute approximate surface area is 149 Å². The first kappa shape index (κ1) is 17.4. The molecule has 0 aromatic heterocycles. The number of anilines is 1. The molecule has 2 saturated heterocycles. The van der Waals surface area contributed by atoms with E-state index < -0.39 is 21.3 Å². The predicted molar refractivity (Wildman–Crippen MR) is 94.4 cm³/mol. The first-order valence-corrected chi connectivity index (χ1v) is 10.4. The lowest BCUT2D eigenvalue weighted by Crippen LogP contribution is -2.49. The van der Waals surface area contributed by atoms with Crippen molar-refractivity contribution in [1.82, 2.24) is 5.32 Å². The van der Waals surface area contributed by atoms with Gasteiger partial charge >= 0.3 is 0 Å². The number of amides is 2. The molecule has 130 valence electrons. The average molecular weight is 415 g/mol. The van der Waals surface area contributed by atoms with Crippen LogP contribution in [0.1, 0.15) is 19.8 Å². The number of carbonyl (C=O) groups excluding carboxylic acids is 2. The summed E-state index contributed by atoms with van der Waals surface area (Å²) >= 11 is 3.38. The van der Waals surface area contributed by atoms with Crippen LogP contribution in [-0.4, -0.2) is 43.8 Å². The summed E-state index contributed by atoms with van der Waals surface area (Å²) in [6, 6.07) is 7.37. The maximum absolute atomic E-state index is 12.5. The molecule has 24 heavy (non-hydrogen) atoms. The van der Waals surface area contributed by atoms with Crippen LogP contribution in [0.2, 0.25) is 0 Å². The van der Waals surface area contributed by atoms with Gasteiger partial charge in [0.05, 0.1) is 23.0 Å². The van der Waals surface area contributed by atoms with E-state index in [-0.39, 0.29) is 29.7 Å². The minimum Gasteiger partial charge on any atom is -0.350 e. The lowest BCUT2D eigenvalue weighted by molar-refractivity contribution is -0.127. The number of benzene rings is 1. The van der Waals surface area contributed by atoms with E-state index in [4.69, 9.17) is 0 Å². The lowest BCUT2D eigenvalue weighted by atomic mass is 9.99. The van der Waals surface area contributed by atoms with Crippen molar-refractivity contribution in [3.63, 3.8) is 0 Å². The summed E-state index contributed by atoms with van der Waals surface area (Å²) in [5.41, 5.74) is 0.0154. The van der Waals surface area contributed by atoms with Crippen molar-refractivity contribution in [1.29, 1.82) is 0 Å². The van der Waals surface area contributed by atoms with Gasteiger partial charge in [-0.05, 0) is 31.5 Å². The monoisotopic (exact) mass is 414 g/mol. The summed E-state index contributed by atoms with van der Waals surface area (Å²) in [5.74, 6) is -0.756. The van der Waals surface area contributed by atoms with Crippen molar-refractivity contribution in [2.75, 3.05) is 23.0 Å². The zero-order valence-corrected chi connectivity index (χ0v) is 15.7. The Balaban J connectivity index is 1.68. The number of hydrogen-bond acceptors (Lipinski definition) is 4. The summed E-state index contributed by atoms with van der Waals surface area (Å²) in [4.78, 5) is 26.4. The third-order valence-electron chi connectivity index (χ3n) is 4.54. The molecule has 2 fully saturated rings. The van der Waals surface area contributed by atoms with Crippen LogP contribution in [-0.2, 0) is 19.4 Å². The molecular formula is C16H19BrN2O4S. The molecule has 2 atom stereocenters. The number of halogens is 1. The van der Waals surface area contributed by atoms with Gasteiger partial charge in [-0.3, -0.25) is 9.59 Å². The Morgan fingerprint density at radius 3 is 2.79 bits per heavy atom. The van der Waals surface area contributed by atoms with Gasteiger partial charge in [-0.15, -0.1) is 0 Å². The van der Waals surface area contributed by atoms with Crippen molar-refractivity contribution in [3.05, 3.63) is 28.7 Å². The van der Waals surface area contributed by atoms with Gasteiger partial charge in [0.2, 0.25) is 11.8 Å². The van der Waals surface area contributed by atoms with Crippen LogP contribution in [0.3, 0.4) is 0 Å². The highest BCUT2D eigenvalue weighted by Crippen LogP contribution is 2.29. The fraction of sp³-hybridized carbons (Fsp3) is 0.500. The van der Waals surface area contributed by atoms with Gasteiger partial charge < -0.3 is 10.2 Å². The first-order chi connectivity index (χ1) is 11.2. The average Bonchev–Trinajstić information content (AvgIpc) is 2.99. The van der Waals surface area contributed by atoms with Gasteiger partial charge in [-0.1, -0.05) is 22.0 Å². The molecule has 0 aliphatic carbocycles. The van der Waals surface area contributed by atoms with Crippen LogP contribution in [0.25, 0.3) is 0 Å². The first-order valence-electron chi connectivity index (χ1n) is 7.76. The number of rotatable bonds is 3. The van der Waals surface area contributed by atoms with Gasteiger partial charge in [0.25, 0.3) is 0 Å². The Morgan fingerprint density at radius 1 is 1.42 bits per heavy atom. The molecule has 2 aliphatic heterocycles. The molecule has 0 radical (unpaired) electrons. The molecule has 0 saturated carbocycles. The van der Waals surface area contributed by atoms with E-state index in [0.717, 1.165) is 10.2 Å². The van der Waals surface area contributed by atoms with Crippen LogP contribution in [0, 0.1) is 5.92 Å². The molecule has 8 heteroatoms. The quantitative estimate of drug-likeness (QED) is 0.811. The Morgan fingerprint density at radius 2 is 2.17 bits per heavy atom. The van der Waals surface area contributed by atoms with Gasteiger partial charge in [0.1, 0.15) is 0 Å². The number of nitrogens with zero attached hydrogens (tertiary/aromatic N) is 1. The molecular weight excluding hydrogens is 396 g/mol. The smallest absolute Gasteiger partial charge is 0.227 e. The van der Waals surface area contributed by atoms with Crippen molar-refractivity contribution in [2.45, 2.75) is 25.3 Å². The molecule has 0 spiro atoms. The SMILES string of the molecule is CC1(NC(=O)C2CC(=O)N(c3cccc(Br)c3)C2)CCS(=O)(=O)C1. The zero-order valence-electron chi connectivity index (χ0n) is 13.3. The summed E-state index contributed by atoms with van der Waals surface area (Å²) in [7, 11) is -3.09. The van der Waals surface area contributed by atoms with E-state index in [1.165, 1.54) is 0 Å². The van der Waals surface area contributed by atoms with Crippen molar-refractivity contribution in [3.8, 4) is 0 Å². The fourth-order valence-corrected chi connectivity index (χ4v) is 5.77. The summed E-state index contributed by atoms with van der Waals surface area (Å²) < 4.78 is 24.2. The standard InChI is InChI=1S/C16H19BrN2O4S/c1-16(5-6-24(22,23)10-16)18-15(21)11-7-14(20)19(9-11)13-4-2-3-12(17)8-13/h2-4,8,11H,5-7,9-10H2,1H3,(H,18,21). The zero-order chi connectivity index (χ0) is 17.5. The summed E-state index contributed by atoms with van der Waals surface area (Å²) in [5, 5.41) is 2.85. The number of carbonyl (C=O) groups is 2. The molecule has 1 aromatic rings. The van der Waals surface area contributed by atoms with Crippen molar-refractivity contribution in [2.24, 2.45) is 5.92 Å². The van der Waals surface area contributed by atoms with Gasteiger partial charge in [-0.25, -0.2) is 8.42 Å². The van der Waals surface area contributed by atoms with Crippen molar-refractivity contribution < 1.29 is 18.0 Å². The van der Waals surface area contributed by atoms with Crippen LogP contribution in [0.5, 0.6) is 0 Å². The molecule has 0 bridgehead atoms. The van der Waals surface area contributed by atoms with E-state index in [1.54, 1.807) is 11.8 Å². The van der Waals surface area contributed by atoms with Crippen LogP contribution < -0.4 is 10.2 Å².